The van der Waals surface area contributed by atoms with Crippen LogP contribution in [0, 0.1) is 23.7 Å². The van der Waals surface area contributed by atoms with Crippen molar-refractivity contribution in [1.82, 2.24) is 0 Å². The first-order valence-electron chi connectivity index (χ1n) is 7.80. The molecule has 5 aliphatic rings. The second-order valence-corrected chi connectivity index (χ2v) is 8.45. The van der Waals surface area contributed by atoms with Gasteiger partial charge in [-0.25, -0.2) is 4.79 Å². The van der Waals surface area contributed by atoms with E-state index in [1.165, 1.54) is 18.2 Å². The third-order valence-corrected chi connectivity index (χ3v) is 7.84. The van der Waals surface area contributed by atoms with Gasteiger partial charge in [-0.05, 0) is 55.8 Å². The van der Waals surface area contributed by atoms with E-state index in [1.807, 2.05) is 0 Å². The summed E-state index contributed by atoms with van der Waals surface area (Å²) in [5.41, 5.74) is -2.79. The Balaban J connectivity index is 1.70. The van der Waals surface area contributed by atoms with Gasteiger partial charge in [0, 0.05) is 5.75 Å². The monoisotopic (exact) mass is 336 g/mol. The van der Waals surface area contributed by atoms with E-state index >= 15 is 0 Å². The second-order valence-electron chi connectivity index (χ2n) is 7.23. The summed E-state index contributed by atoms with van der Waals surface area (Å²) in [6.45, 7) is 0. The Morgan fingerprint density at radius 3 is 2.14 bits per heavy atom. The molecule has 124 valence electrons. The van der Waals surface area contributed by atoms with Crippen LogP contribution in [-0.4, -0.2) is 35.5 Å². The molecule has 5 rings (SSSR count). The van der Waals surface area contributed by atoms with E-state index in [9.17, 15) is 18.0 Å². The molecule has 0 unspecified atom stereocenters. The van der Waals surface area contributed by atoms with Gasteiger partial charge in [0.2, 0.25) is 0 Å². The molecule has 4 saturated carbocycles. The number of thioether (sulfide) groups is 1. The molecule has 7 heteroatoms. The molecule has 0 aromatic rings. The van der Waals surface area contributed by atoms with E-state index in [4.69, 9.17) is 4.74 Å². The highest BCUT2D eigenvalue weighted by Gasteiger charge is 2.74. The fourth-order valence-electron chi connectivity index (χ4n) is 5.31. The van der Waals surface area contributed by atoms with Gasteiger partial charge in [-0.1, -0.05) is 0 Å². The van der Waals surface area contributed by atoms with Crippen molar-refractivity contribution < 1.29 is 27.4 Å². The molecule has 0 N–H and O–H groups in total. The van der Waals surface area contributed by atoms with E-state index in [2.05, 4.69) is 4.74 Å². The standard InChI is InChI=1S/C15H19F3O3S/c1-20-12(19)13(15(16,17)18)7-22-14(21-13)10-3-8-2-9(5-10)6-11(14)4-8/h8-11H,2-7H2,1H3/t8?,9?,10?,11?,13-,14?/m1/s1. The Kier molecular flexibility index (Phi) is 3.13. The molecule has 1 aliphatic heterocycles. The third kappa shape index (κ3) is 1.78. The van der Waals surface area contributed by atoms with Gasteiger partial charge in [-0.3, -0.25) is 0 Å². The summed E-state index contributed by atoms with van der Waals surface area (Å²) in [7, 11) is 0.992. The van der Waals surface area contributed by atoms with Crippen LogP contribution in [0.25, 0.3) is 0 Å². The van der Waals surface area contributed by atoms with Crippen molar-refractivity contribution in [3.05, 3.63) is 0 Å². The Morgan fingerprint density at radius 1 is 1.14 bits per heavy atom. The minimum atomic E-state index is -4.74. The van der Waals surface area contributed by atoms with Crippen LogP contribution in [0.2, 0.25) is 0 Å². The fourth-order valence-corrected chi connectivity index (χ4v) is 7.14. The first kappa shape index (κ1) is 15.1. The molecule has 0 aromatic heterocycles. The second kappa shape index (κ2) is 4.56. The molecule has 4 bridgehead atoms. The average Bonchev–Trinajstić information content (AvgIpc) is 2.86. The lowest BCUT2D eigenvalue weighted by atomic mass is 9.54. The Bertz CT molecular complexity index is 479. The SMILES string of the molecule is COC(=O)[C@@]1(C(F)(F)F)CSC2(O1)C1CC3CC(C1)CC2C3. The summed E-state index contributed by atoms with van der Waals surface area (Å²) in [5, 5.41) is 0. The van der Waals surface area contributed by atoms with Crippen LogP contribution < -0.4 is 0 Å². The Morgan fingerprint density at radius 2 is 1.68 bits per heavy atom. The lowest BCUT2D eigenvalue weighted by Crippen LogP contribution is -2.61. The number of carbonyl (C=O) groups excluding carboxylic acids is 1. The van der Waals surface area contributed by atoms with E-state index in [-0.39, 0.29) is 17.6 Å². The molecule has 0 amide bonds. The van der Waals surface area contributed by atoms with Crippen molar-refractivity contribution in [1.29, 1.82) is 0 Å². The summed E-state index contributed by atoms with van der Waals surface area (Å²) in [5.74, 6) is -0.137. The largest absolute Gasteiger partial charge is 0.467 e. The molecule has 1 saturated heterocycles. The molecule has 1 spiro atoms. The Labute approximate surface area is 131 Å². The number of methoxy groups -OCH3 is 1. The number of carbonyl (C=O) groups is 1. The van der Waals surface area contributed by atoms with Crippen LogP contribution in [0.3, 0.4) is 0 Å². The van der Waals surface area contributed by atoms with Gasteiger partial charge in [0.25, 0.3) is 5.60 Å². The minimum Gasteiger partial charge on any atom is -0.467 e. The highest BCUT2D eigenvalue weighted by Crippen LogP contribution is 2.67. The highest BCUT2D eigenvalue weighted by atomic mass is 32.2. The van der Waals surface area contributed by atoms with Gasteiger partial charge < -0.3 is 9.47 Å². The highest BCUT2D eigenvalue weighted by molar-refractivity contribution is 8.00. The summed E-state index contributed by atoms with van der Waals surface area (Å²) < 4.78 is 51.0. The van der Waals surface area contributed by atoms with Gasteiger partial charge in [-0.2, -0.15) is 13.2 Å². The summed E-state index contributed by atoms with van der Waals surface area (Å²) >= 11 is 1.21. The molecule has 0 radical (unpaired) electrons. The van der Waals surface area contributed by atoms with Gasteiger partial charge >= 0.3 is 12.1 Å². The van der Waals surface area contributed by atoms with Crippen LogP contribution in [-0.2, 0) is 14.3 Å². The molecule has 3 nitrogen and oxygen atoms in total. The van der Waals surface area contributed by atoms with Crippen LogP contribution >= 0.6 is 11.8 Å². The van der Waals surface area contributed by atoms with Crippen molar-refractivity contribution in [2.24, 2.45) is 23.7 Å². The lowest BCUT2D eigenvalue weighted by molar-refractivity contribution is -0.298. The maximum atomic E-state index is 13.6. The van der Waals surface area contributed by atoms with Gasteiger partial charge in [0.1, 0.15) is 4.93 Å². The normalized spacial score (nSPS) is 49.8. The quantitative estimate of drug-likeness (QED) is 0.688. The van der Waals surface area contributed by atoms with E-state index in [0.29, 0.717) is 11.8 Å². The third-order valence-electron chi connectivity index (χ3n) is 6.08. The summed E-state index contributed by atoms with van der Waals surface area (Å²) in [6, 6.07) is 0. The van der Waals surface area contributed by atoms with Crippen LogP contribution in [0.1, 0.15) is 32.1 Å². The molecule has 4 aliphatic carbocycles. The zero-order valence-electron chi connectivity index (χ0n) is 12.3. The van der Waals surface area contributed by atoms with Gasteiger partial charge in [0.05, 0.1) is 7.11 Å². The van der Waals surface area contributed by atoms with Gasteiger partial charge in [-0.15, -0.1) is 11.8 Å². The molecule has 0 aromatic carbocycles. The van der Waals surface area contributed by atoms with Crippen molar-refractivity contribution in [2.75, 3.05) is 12.9 Å². The first-order valence-corrected chi connectivity index (χ1v) is 8.78. The number of esters is 1. The average molecular weight is 336 g/mol. The number of halogens is 3. The maximum absolute atomic E-state index is 13.6. The number of ether oxygens (including phenoxy) is 2. The van der Waals surface area contributed by atoms with Crippen LogP contribution in [0.15, 0.2) is 0 Å². The summed E-state index contributed by atoms with van der Waals surface area (Å²) in [4.78, 5) is 11.1. The molecule has 1 atom stereocenters. The Hall–Kier alpha value is -0.430. The van der Waals surface area contributed by atoms with E-state index in [0.717, 1.165) is 32.8 Å². The minimum absolute atomic E-state index is 0.141. The van der Waals surface area contributed by atoms with Crippen molar-refractivity contribution >= 4 is 17.7 Å². The number of hydrogen-bond acceptors (Lipinski definition) is 4. The van der Waals surface area contributed by atoms with Crippen molar-refractivity contribution in [3.8, 4) is 0 Å². The fraction of sp³-hybridized carbons (Fsp3) is 0.933. The van der Waals surface area contributed by atoms with E-state index < -0.39 is 22.7 Å². The predicted octanol–water partition coefficient (Wildman–Crippen LogP) is 3.38. The van der Waals surface area contributed by atoms with E-state index in [1.54, 1.807) is 0 Å². The van der Waals surface area contributed by atoms with Crippen LogP contribution in [0.4, 0.5) is 13.2 Å². The zero-order valence-corrected chi connectivity index (χ0v) is 13.1. The number of alkyl halides is 3. The van der Waals surface area contributed by atoms with Crippen LogP contribution in [0.5, 0.6) is 0 Å². The van der Waals surface area contributed by atoms with Gasteiger partial charge in [0.15, 0.2) is 0 Å². The molecule has 22 heavy (non-hydrogen) atoms. The molecule has 1 heterocycles. The lowest BCUT2D eigenvalue weighted by Gasteiger charge is -2.59. The smallest absolute Gasteiger partial charge is 0.429 e. The maximum Gasteiger partial charge on any atom is 0.429 e. The topological polar surface area (TPSA) is 35.5 Å². The van der Waals surface area contributed by atoms with Crippen molar-refractivity contribution in [3.63, 3.8) is 0 Å². The molecule has 5 fully saturated rings. The predicted molar refractivity (Wildman–Crippen MR) is 74.1 cm³/mol. The zero-order chi connectivity index (χ0) is 15.8. The van der Waals surface area contributed by atoms with Crippen molar-refractivity contribution in [2.45, 2.75) is 48.8 Å². The number of hydrogen-bond donors (Lipinski definition) is 0. The molecular formula is C15H19F3O3S. The number of rotatable bonds is 1. The summed E-state index contributed by atoms with van der Waals surface area (Å²) in [6.07, 6.45) is 0.231. The molecular weight excluding hydrogens is 317 g/mol. The first-order chi connectivity index (χ1) is 10.3.